The van der Waals surface area contributed by atoms with Gasteiger partial charge in [-0.15, -0.1) is 0 Å². The largest absolute Gasteiger partial charge is 0.314 e. The molecule has 3 nitrogen and oxygen atoms in total. The summed E-state index contributed by atoms with van der Waals surface area (Å²) in [6.45, 7) is 11.9. The van der Waals surface area contributed by atoms with Crippen molar-refractivity contribution in [1.82, 2.24) is 15.1 Å². The number of nitrogens with zero attached hydrogens (tertiary/aromatic N) is 2. The molecule has 1 rings (SSSR count). The summed E-state index contributed by atoms with van der Waals surface area (Å²) in [6.07, 6.45) is 0.974. The summed E-state index contributed by atoms with van der Waals surface area (Å²) in [5, 5.41) is 8.74. The maximum absolute atomic E-state index is 6.34. The number of hydrogen-bond acceptors (Lipinski definition) is 2. The molecule has 0 saturated heterocycles. The zero-order valence-corrected chi connectivity index (χ0v) is 13.2. The first-order valence-electron chi connectivity index (χ1n) is 6.79. The van der Waals surface area contributed by atoms with Crippen molar-refractivity contribution in [2.75, 3.05) is 6.54 Å². The highest BCUT2D eigenvalue weighted by Gasteiger charge is 2.24. The molecule has 1 aromatic rings. The van der Waals surface area contributed by atoms with Gasteiger partial charge >= 0.3 is 0 Å². The van der Waals surface area contributed by atoms with Gasteiger partial charge < -0.3 is 5.32 Å². The lowest BCUT2D eigenvalue weighted by molar-refractivity contribution is 0.287. The molecule has 104 valence electrons. The van der Waals surface area contributed by atoms with Gasteiger partial charge in [-0.3, -0.25) is 4.68 Å². The molecule has 1 heterocycles. The Morgan fingerprint density at radius 2 is 1.94 bits per heavy atom. The average Bonchev–Trinajstić information content (AvgIpc) is 2.50. The van der Waals surface area contributed by atoms with Gasteiger partial charge in [0.05, 0.1) is 16.4 Å². The normalized spacial score (nSPS) is 15.1. The minimum absolute atomic E-state index is 0.487. The third-order valence-electron chi connectivity index (χ3n) is 3.72. The minimum atomic E-state index is 0.487. The second kappa shape index (κ2) is 6.58. The van der Waals surface area contributed by atoms with Crippen molar-refractivity contribution in [3.8, 4) is 0 Å². The Kier molecular flexibility index (Phi) is 5.67. The van der Waals surface area contributed by atoms with Crippen molar-refractivity contribution in [3.63, 3.8) is 0 Å². The molecular formula is C14H26ClN3. The van der Waals surface area contributed by atoms with Gasteiger partial charge in [0, 0.05) is 13.1 Å². The van der Waals surface area contributed by atoms with Crippen LogP contribution >= 0.6 is 11.6 Å². The van der Waals surface area contributed by atoms with Crippen molar-refractivity contribution in [1.29, 1.82) is 0 Å². The van der Waals surface area contributed by atoms with Crippen molar-refractivity contribution in [2.24, 2.45) is 18.9 Å². The second-order valence-electron chi connectivity index (χ2n) is 5.43. The number of aryl methyl sites for hydroxylation is 2. The van der Waals surface area contributed by atoms with Crippen molar-refractivity contribution < 1.29 is 0 Å². The third-order valence-corrected chi connectivity index (χ3v) is 4.21. The topological polar surface area (TPSA) is 29.9 Å². The first kappa shape index (κ1) is 15.5. The molecule has 0 amide bonds. The fourth-order valence-corrected chi connectivity index (χ4v) is 2.83. The van der Waals surface area contributed by atoms with Gasteiger partial charge in [-0.1, -0.05) is 32.4 Å². The highest BCUT2D eigenvalue weighted by Crippen LogP contribution is 2.27. The molecule has 0 saturated carbocycles. The number of rotatable bonds is 6. The molecule has 0 aromatic carbocycles. The van der Waals surface area contributed by atoms with E-state index in [1.165, 1.54) is 0 Å². The summed E-state index contributed by atoms with van der Waals surface area (Å²) in [6, 6.07) is 0.487. The highest BCUT2D eigenvalue weighted by atomic mass is 35.5. The van der Waals surface area contributed by atoms with Crippen molar-refractivity contribution in [2.45, 2.75) is 47.1 Å². The van der Waals surface area contributed by atoms with E-state index in [2.05, 4.69) is 38.1 Å². The van der Waals surface area contributed by atoms with Gasteiger partial charge in [0.25, 0.3) is 0 Å². The molecule has 0 bridgehead atoms. The Labute approximate surface area is 116 Å². The monoisotopic (exact) mass is 271 g/mol. The Morgan fingerprint density at radius 3 is 2.33 bits per heavy atom. The summed E-state index contributed by atoms with van der Waals surface area (Å²) in [5.74, 6) is 1.18. The number of hydrogen-bond donors (Lipinski definition) is 1. The molecule has 1 N–H and O–H groups in total. The zero-order valence-electron chi connectivity index (χ0n) is 12.4. The second-order valence-corrected chi connectivity index (χ2v) is 5.81. The molecule has 2 atom stereocenters. The fourth-order valence-electron chi connectivity index (χ4n) is 2.59. The smallest absolute Gasteiger partial charge is 0.0847 e. The van der Waals surface area contributed by atoms with Crippen LogP contribution in [0, 0.1) is 18.8 Å². The number of aromatic nitrogens is 2. The quantitative estimate of drug-likeness (QED) is 0.861. The third kappa shape index (κ3) is 3.48. The van der Waals surface area contributed by atoms with Crippen LogP contribution in [-0.4, -0.2) is 22.4 Å². The van der Waals surface area contributed by atoms with E-state index in [-0.39, 0.29) is 0 Å². The van der Waals surface area contributed by atoms with Crippen LogP contribution in [0.2, 0.25) is 5.02 Å². The molecule has 0 fully saturated rings. The van der Waals surface area contributed by atoms with E-state index in [0.29, 0.717) is 17.9 Å². The van der Waals surface area contributed by atoms with E-state index < -0.39 is 0 Å². The van der Waals surface area contributed by atoms with Crippen LogP contribution in [0.25, 0.3) is 0 Å². The standard InChI is InChI=1S/C14H26ClN3/c1-7-16-10(4)12(9(2)3)8-13-14(15)11(5)17-18(13)6/h9-10,12,16H,7-8H2,1-6H3. The predicted molar refractivity (Wildman–Crippen MR) is 78.1 cm³/mol. The lowest BCUT2D eigenvalue weighted by Gasteiger charge is -2.28. The Bertz CT molecular complexity index is 385. The average molecular weight is 272 g/mol. The molecule has 0 aliphatic rings. The Hall–Kier alpha value is -0.540. The maximum atomic E-state index is 6.34. The lowest BCUT2D eigenvalue weighted by atomic mass is 9.85. The van der Waals surface area contributed by atoms with Gasteiger partial charge in [-0.2, -0.15) is 5.10 Å². The van der Waals surface area contributed by atoms with Crippen LogP contribution in [-0.2, 0) is 13.5 Å². The maximum Gasteiger partial charge on any atom is 0.0847 e. The van der Waals surface area contributed by atoms with Crippen LogP contribution in [0.1, 0.15) is 39.1 Å². The van der Waals surface area contributed by atoms with Crippen LogP contribution in [0.3, 0.4) is 0 Å². The molecular weight excluding hydrogens is 246 g/mol. The van der Waals surface area contributed by atoms with Gasteiger partial charge in [-0.25, -0.2) is 0 Å². The highest BCUT2D eigenvalue weighted by molar-refractivity contribution is 6.31. The van der Waals surface area contributed by atoms with Gasteiger partial charge in [-0.05, 0) is 38.6 Å². The summed E-state index contributed by atoms with van der Waals surface area (Å²) < 4.78 is 1.92. The van der Waals surface area contributed by atoms with Crippen LogP contribution < -0.4 is 5.32 Å². The fraction of sp³-hybridized carbons (Fsp3) is 0.786. The first-order valence-corrected chi connectivity index (χ1v) is 7.17. The molecule has 4 heteroatoms. The first-order chi connectivity index (χ1) is 8.38. The Balaban J connectivity index is 2.90. The van der Waals surface area contributed by atoms with E-state index in [0.717, 1.165) is 29.4 Å². The van der Waals surface area contributed by atoms with E-state index in [1.807, 2.05) is 18.7 Å². The van der Waals surface area contributed by atoms with Crippen molar-refractivity contribution in [3.05, 3.63) is 16.4 Å². The van der Waals surface area contributed by atoms with E-state index >= 15 is 0 Å². The summed E-state index contributed by atoms with van der Waals surface area (Å²) >= 11 is 6.34. The summed E-state index contributed by atoms with van der Waals surface area (Å²) in [7, 11) is 1.98. The number of halogens is 1. The molecule has 0 spiro atoms. The SMILES string of the molecule is CCNC(C)C(Cc1c(Cl)c(C)nn1C)C(C)C. The van der Waals surface area contributed by atoms with Crippen molar-refractivity contribution >= 4 is 11.6 Å². The lowest BCUT2D eigenvalue weighted by Crippen LogP contribution is -2.37. The molecule has 0 radical (unpaired) electrons. The minimum Gasteiger partial charge on any atom is -0.314 e. The molecule has 0 aliphatic heterocycles. The summed E-state index contributed by atoms with van der Waals surface area (Å²) in [4.78, 5) is 0. The van der Waals surface area contributed by atoms with Crippen LogP contribution in [0.4, 0.5) is 0 Å². The molecule has 1 aromatic heterocycles. The summed E-state index contributed by atoms with van der Waals surface area (Å²) in [5.41, 5.74) is 2.07. The van der Waals surface area contributed by atoms with Crippen LogP contribution in [0.15, 0.2) is 0 Å². The van der Waals surface area contributed by atoms with Gasteiger partial charge in [0.1, 0.15) is 0 Å². The van der Waals surface area contributed by atoms with Gasteiger partial charge in [0.2, 0.25) is 0 Å². The van der Waals surface area contributed by atoms with E-state index in [4.69, 9.17) is 11.6 Å². The predicted octanol–water partition coefficient (Wildman–Crippen LogP) is 3.19. The van der Waals surface area contributed by atoms with Crippen LogP contribution in [0.5, 0.6) is 0 Å². The van der Waals surface area contributed by atoms with E-state index in [1.54, 1.807) is 0 Å². The molecule has 2 unspecified atom stereocenters. The Morgan fingerprint density at radius 1 is 1.33 bits per heavy atom. The molecule has 0 aliphatic carbocycles. The molecule has 18 heavy (non-hydrogen) atoms. The zero-order chi connectivity index (χ0) is 13.9. The van der Waals surface area contributed by atoms with E-state index in [9.17, 15) is 0 Å². The van der Waals surface area contributed by atoms with Gasteiger partial charge in [0.15, 0.2) is 0 Å². The number of nitrogens with one attached hydrogen (secondary N) is 1.